The van der Waals surface area contributed by atoms with Crippen molar-refractivity contribution in [1.82, 2.24) is 20.5 Å². The molecule has 0 spiro atoms. The summed E-state index contributed by atoms with van der Waals surface area (Å²) in [5, 5.41) is 11.6. The highest BCUT2D eigenvalue weighted by molar-refractivity contribution is 7.99. The fourth-order valence-corrected chi connectivity index (χ4v) is 4.07. The lowest BCUT2D eigenvalue weighted by molar-refractivity contribution is 0.0534. The Morgan fingerprint density at radius 2 is 1.86 bits per heavy atom. The number of aromatic nitrogens is 3. The summed E-state index contributed by atoms with van der Waals surface area (Å²) in [5.41, 5.74) is 4.71. The summed E-state index contributed by atoms with van der Waals surface area (Å²) in [6, 6.07) is 16.9. The van der Waals surface area contributed by atoms with E-state index < -0.39 is 0 Å². The van der Waals surface area contributed by atoms with E-state index in [4.69, 9.17) is 4.74 Å². The van der Waals surface area contributed by atoms with Crippen molar-refractivity contribution in [3.63, 3.8) is 0 Å². The molecule has 152 valence electrons. The zero-order valence-electron chi connectivity index (χ0n) is 17.1. The van der Waals surface area contributed by atoms with Crippen LogP contribution in [-0.2, 0) is 11.2 Å². The molecule has 0 unspecified atom stereocenters. The number of aryl methyl sites for hydroxylation is 1. The molecule has 1 aromatic heterocycles. The maximum atomic E-state index is 6.18. The molecule has 6 nitrogen and oxygen atoms in total. The predicted molar refractivity (Wildman–Crippen MR) is 118 cm³/mol. The molecule has 2 heterocycles. The number of anilines is 1. The van der Waals surface area contributed by atoms with Crippen LogP contribution in [0.1, 0.15) is 24.3 Å². The van der Waals surface area contributed by atoms with E-state index in [-0.39, 0.29) is 12.3 Å². The standard InChI is InChI=1S/C22H27N5OS/c1-4-15-5-7-16(8-6-15)20-24-22(26-25-20)29-14-19-13-23-21(28-19)17-9-11-18(12-10-17)27(2)3/h5-12,19,21,23H,4,13-14H2,1-3H3,(H,24,25,26)/t19-,21-/m1/s1. The second kappa shape index (κ2) is 8.98. The Balaban J connectivity index is 1.30. The van der Waals surface area contributed by atoms with E-state index in [0.29, 0.717) is 0 Å². The Hall–Kier alpha value is -2.35. The van der Waals surface area contributed by atoms with Crippen LogP contribution in [0.25, 0.3) is 11.4 Å². The van der Waals surface area contributed by atoms with Gasteiger partial charge in [-0.2, -0.15) is 0 Å². The quantitative estimate of drug-likeness (QED) is 0.578. The van der Waals surface area contributed by atoms with Crippen molar-refractivity contribution in [3.05, 3.63) is 59.7 Å². The minimum Gasteiger partial charge on any atom is -0.378 e. The van der Waals surface area contributed by atoms with Crippen molar-refractivity contribution < 1.29 is 4.74 Å². The SMILES string of the molecule is CCc1ccc(-c2nc(SC[C@H]3CN[C@@H](c4ccc(N(C)C)cc4)O3)n[nH]2)cc1. The molecule has 3 aromatic rings. The first kappa shape index (κ1) is 19.9. The average molecular weight is 410 g/mol. The minimum absolute atomic E-state index is 0.0587. The third-order valence-corrected chi connectivity index (χ3v) is 6.05. The first-order chi connectivity index (χ1) is 14.1. The van der Waals surface area contributed by atoms with Crippen LogP contribution < -0.4 is 10.2 Å². The van der Waals surface area contributed by atoms with Crippen molar-refractivity contribution in [1.29, 1.82) is 0 Å². The van der Waals surface area contributed by atoms with Gasteiger partial charge < -0.3 is 9.64 Å². The van der Waals surface area contributed by atoms with E-state index in [1.54, 1.807) is 11.8 Å². The van der Waals surface area contributed by atoms with Gasteiger partial charge in [0.2, 0.25) is 5.16 Å². The van der Waals surface area contributed by atoms with Gasteiger partial charge in [0, 0.05) is 37.6 Å². The number of nitrogens with zero attached hydrogens (tertiary/aromatic N) is 3. The van der Waals surface area contributed by atoms with Crippen LogP contribution in [0.15, 0.2) is 53.7 Å². The number of hydrogen-bond acceptors (Lipinski definition) is 6. The maximum absolute atomic E-state index is 6.18. The van der Waals surface area contributed by atoms with Gasteiger partial charge in [0.05, 0.1) is 6.10 Å². The van der Waals surface area contributed by atoms with Crippen LogP contribution >= 0.6 is 11.8 Å². The van der Waals surface area contributed by atoms with Crippen molar-refractivity contribution in [3.8, 4) is 11.4 Å². The molecule has 1 saturated heterocycles. The molecule has 0 radical (unpaired) electrons. The van der Waals surface area contributed by atoms with Gasteiger partial charge in [0.1, 0.15) is 6.23 Å². The molecule has 29 heavy (non-hydrogen) atoms. The third-order valence-electron chi connectivity index (χ3n) is 5.07. The Kier molecular flexibility index (Phi) is 6.18. The molecule has 2 atom stereocenters. The molecule has 1 aliphatic rings. The van der Waals surface area contributed by atoms with Gasteiger partial charge in [0.15, 0.2) is 5.82 Å². The summed E-state index contributed by atoms with van der Waals surface area (Å²) in [6.07, 6.45) is 1.11. The van der Waals surface area contributed by atoms with Crippen LogP contribution in [0, 0.1) is 0 Å². The summed E-state index contributed by atoms with van der Waals surface area (Å²) in [7, 11) is 4.09. The molecule has 1 fully saturated rings. The fourth-order valence-electron chi connectivity index (χ4n) is 3.27. The first-order valence-electron chi connectivity index (χ1n) is 9.93. The molecule has 7 heteroatoms. The van der Waals surface area contributed by atoms with Crippen LogP contribution in [0.4, 0.5) is 5.69 Å². The molecule has 0 amide bonds. The summed E-state index contributed by atoms with van der Waals surface area (Å²) in [6.45, 7) is 2.98. The number of benzene rings is 2. The molecule has 0 saturated carbocycles. The molecule has 1 aliphatic heterocycles. The van der Waals surface area contributed by atoms with Gasteiger partial charge in [-0.3, -0.25) is 10.4 Å². The van der Waals surface area contributed by atoms with Crippen molar-refractivity contribution in [2.24, 2.45) is 0 Å². The van der Waals surface area contributed by atoms with Crippen LogP contribution in [0.2, 0.25) is 0 Å². The first-order valence-corrected chi connectivity index (χ1v) is 10.9. The molecule has 0 aliphatic carbocycles. The fraction of sp³-hybridized carbons (Fsp3) is 0.364. The Labute approximate surface area is 176 Å². The largest absolute Gasteiger partial charge is 0.378 e. The number of ether oxygens (including phenoxy) is 1. The van der Waals surface area contributed by atoms with Crippen molar-refractivity contribution >= 4 is 17.4 Å². The summed E-state index contributed by atoms with van der Waals surface area (Å²) in [5.74, 6) is 1.62. The topological polar surface area (TPSA) is 66.1 Å². The molecule has 0 bridgehead atoms. The smallest absolute Gasteiger partial charge is 0.208 e. The van der Waals surface area contributed by atoms with E-state index in [0.717, 1.165) is 40.8 Å². The van der Waals surface area contributed by atoms with Gasteiger partial charge >= 0.3 is 0 Å². The number of H-pyrrole nitrogens is 1. The molecular formula is C22H27N5OS. The van der Waals surface area contributed by atoms with E-state index in [1.165, 1.54) is 11.3 Å². The Morgan fingerprint density at radius 3 is 2.55 bits per heavy atom. The molecule has 2 aromatic carbocycles. The second-order valence-electron chi connectivity index (χ2n) is 7.36. The van der Waals surface area contributed by atoms with Crippen LogP contribution in [-0.4, -0.2) is 47.7 Å². The zero-order valence-corrected chi connectivity index (χ0v) is 17.9. The van der Waals surface area contributed by atoms with Crippen LogP contribution in [0.3, 0.4) is 0 Å². The van der Waals surface area contributed by atoms with Crippen molar-refractivity contribution in [2.45, 2.75) is 30.8 Å². The van der Waals surface area contributed by atoms with Gasteiger partial charge in [-0.1, -0.05) is 55.1 Å². The number of thioether (sulfide) groups is 1. The van der Waals surface area contributed by atoms with Gasteiger partial charge in [-0.15, -0.1) is 5.10 Å². The number of hydrogen-bond donors (Lipinski definition) is 2. The lowest BCUT2D eigenvalue weighted by atomic mass is 10.1. The average Bonchev–Trinajstić information content (AvgIpc) is 3.42. The summed E-state index contributed by atoms with van der Waals surface area (Å²) >= 11 is 1.62. The third kappa shape index (κ3) is 4.80. The summed E-state index contributed by atoms with van der Waals surface area (Å²) in [4.78, 5) is 6.71. The zero-order chi connectivity index (χ0) is 20.2. The van der Waals surface area contributed by atoms with Crippen LogP contribution in [0.5, 0.6) is 0 Å². The lowest BCUT2D eigenvalue weighted by Gasteiger charge is -2.16. The maximum Gasteiger partial charge on any atom is 0.208 e. The highest BCUT2D eigenvalue weighted by atomic mass is 32.2. The Bertz CT molecular complexity index is 923. The van der Waals surface area contributed by atoms with E-state index in [2.05, 4.69) is 80.9 Å². The molecule has 4 rings (SSSR count). The monoisotopic (exact) mass is 409 g/mol. The second-order valence-corrected chi connectivity index (χ2v) is 8.35. The number of nitrogens with one attached hydrogen (secondary N) is 2. The van der Waals surface area contributed by atoms with Gasteiger partial charge in [0.25, 0.3) is 0 Å². The predicted octanol–water partition coefficient (Wildman–Crippen LogP) is 3.88. The lowest BCUT2D eigenvalue weighted by Crippen LogP contribution is -2.17. The molecular weight excluding hydrogens is 382 g/mol. The molecule has 2 N–H and O–H groups in total. The van der Waals surface area contributed by atoms with E-state index in [1.807, 2.05) is 14.1 Å². The number of rotatable bonds is 7. The van der Waals surface area contributed by atoms with Crippen molar-refractivity contribution in [2.75, 3.05) is 31.3 Å². The highest BCUT2D eigenvalue weighted by Gasteiger charge is 2.26. The minimum atomic E-state index is -0.0587. The number of aromatic amines is 1. The van der Waals surface area contributed by atoms with Gasteiger partial charge in [-0.25, -0.2) is 4.98 Å². The Morgan fingerprint density at radius 1 is 1.10 bits per heavy atom. The highest BCUT2D eigenvalue weighted by Crippen LogP contribution is 2.27. The summed E-state index contributed by atoms with van der Waals surface area (Å²) < 4.78 is 6.18. The van der Waals surface area contributed by atoms with E-state index in [9.17, 15) is 0 Å². The normalized spacial score (nSPS) is 18.9. The van der Waals surface area contributed by atoms with Gasteiger partial charge in [-0.05, 0) is 29.7 Å². The van der Waals surface area contributed by atoms with E-state index >= 15 is 0 Å².